The normalized spacial score (nSPS) is 26.3. The van der Waals surface area contributed by atoms with Crippen LogP contribution < -0.4 is 9.47 Å². The number of rotatable bonds is 7. The lowest BCUT2D eigenvalue weighted by atomic mass is 9.85. The van der Waals surface area contributed by atoms with Gasteiger partial charge in [-0.15, -0.1) is 0 Å². The number of ether oxygens (including phenoxy) is 2. The van der Waals surface area contributed by atoms with Crippen molar-refractivity contribution in [1.82, 2.24) is 9.80 Å². The average molecular weight is 455 g/mol. The summed E-state index contributed by atoms with van der Waals surface area (Å²) in [6.45, 7) is 3.00. The van der Waals surface area contributed by atoms with Crippen molar-refractivity contribution in [1.29, 1.82) is 0 Å². The molecule has 6 nitrogen and oxygen atoms in total. The van der Waals surface area contributed by atoms with Crippen molar-refractivity contribution >= 4 is 11.8 Å². The second-order valence-electron chi connectivity index (χ2n) is 9.84. The first kappa shape index (κ1) is 23.7. The summed E-state index contributed by atoms with van der Waals surface area (Å²) >= 11 is 0. The fourth-order valence-corrected chi connectivity index (χ4v) is 5.62. The van der Waals surface area contributed by atoms with E-state index >= 15 is 0 Å². The topological polar surface area (TPSA) is 59.1 Å². The van der Waals surface area contributed by atoms with Crippen LogP contribution in [0, 0.1) is 5.92 Å². The molecule has 1 aromatic carbocycles. The van der Waals surface area contributed by atoms with E-state index in [1.807, 2.05) is 23.1 Å². The lowest BCUT2D eigenvalue weighted by molar-refractivity contribution is -0.159. The predicted octanol–water partition coefficient (Wildman–Crippen LogP) is 4.88. The molecule has 0 spiro atoms. The number of nitrogens with zero attached hydrogens (tertiary/aromatic N) is 2. The molecule has 33 heavy (non-hydrogen) atoms. The summed E-state index contributed by atoms with van der Waals surface area (Å²) in [7, 11) is 3.22. The molecule has 6 heteroatoms. The first-order valence-corrected chi connectivity index (χ1v) is 12.5. The molecule has 0 aromatic heterocycles. The van der Waals surface area contributed by atoms with Gasteiger partial charge in [-0.05, 0) is 81.9 Å². The number of piperazine rings is 1. The largest absolute Gasteiger partial charge is 0.497 e. The fourth-order valence-electron chi connectivity index (χ4n) is 5.62. The van der Waals surface area contributed by atoms with E-state index in [0.717, 1.165) is 44.9 Å². The number of allylic oxidation sites excluding steroid dienone is 1. The summed E-state index contributed by atoms with van der Waals surface area (Å²) < 4.78 is 11.1. The molecular formula is C27H38N2O4. The van der Waals surface area contributed by atoms with Gasteiger partial charge in [0, 0.05) is 18.2 Å². The summed E-state index contributed by atoms with van der Waals surface area (Å²) in [5.74, 6) is 2.00. The molecule has 4 rings (SSSR count). The molecule has 1 saturated heterocycles. The summed E-state index contributed by atoms with van der Waals surface area (Å²) in [4.78, 5) is 31.2. The maximum atomic E-state index is 14.0. The van der Waals surface area contributed by atoms with E-state index in [9.17, 15) is 9.59 Å². The Labute approximate surface area is 197 Å². The Balaban J connectivity index is 1.66. The molecule has 1 unspecified atom stereocenters. The van der Waals surface area contributed by atoms with E-state index in [1.165, 1.54) is 18.4 Å². The Morgan fingerprint density at radius 1 is 1.03 bits per heavy atom. The van der Waals surface area contributed by atoms with Crippen LogP contribution in [0.15, 0.2) is 29.8 Å². The van der Waals surface area contributed by atoms with Gasteiger partial charge < -0.3 is 19.3 Å². The third kappa shape index (κ3) is 5.20. The minimum absolute atomic E-state index is 0.0123. The zero-order valence-corrected chi connectivity index (χ0v) is 20.3. The standard InChI is InChI=1S/C27H38N2O4/c1-19-9-11-21(12-10-19)29-18-25(30)28(16-15-20-7-5-4-6-8-20)26(27(29)31)23-17-22(32-2)13-14-24(23)33-3/h7,13-14,17,19,21,26H,4-6,8-12,15-16,18H2,1-3H3. The van der Waals surface area contributed by atoms with Crippen LogP contribution in [0.3, 0.4) is 0 Å². The molecule has 0 bridgehead atoms. The molecule has 180 valence electrons. The maximum Gasteiger partial charge on any atom is 0.250 e. The Kier molecular flexibility index (Phi) is 7.61. The van der Waals surface area contributed by atoms with Crippen LogP contribution in [-0.4, -0.2) is 55.0 Å². The van der Waals surface area contributed by atoms with E-state index in [2.05, 4.69) is 13.0 Å². The molecule has 1 atom stereocenters. The Bertz CT molecular complexity index is 888. The number of carbonyl (C=O) groups excluding carboxylic acids is 2. The van der Waals surface area contributed by atoms with Crippen molar-refractivity contribution in [2.75, 3.05) is 27.3 Å². The quantitative estimate of drug-likeness (QED) is 0.551. The monoisotopic (exact) mass is 454 g/mol. The average Bonchev–Trinajstić information content (AvgIpc) is 2.85. The van der Waals surface area contributed by atoms with E-state index in [4.69, 9.17) is 9.47 Å². The molecule has 3 aliphatic rings. The zero-order chi connectivity index (χ0) is 23.4. The molecule has 2 fully saturated rings. The lowest BCUT2D eigenvalue weighted by Crippen LogP contribution is -2.58. The van der Waals surface area contributed by atoms with Crippen molar-refractivity contribution in [3.05, 3.63) is 35.4 Å². The van der Waals surface area contributed by atoms with E-state index < -0.39 is 6.04 Å². The smallest absolute Gasteiger partial charge is 0.250 e. The minimum atomic E-state index is -0.681. The van der Waals surface area contributed by atoms with Gasteiger partial charge in [-0.25, -0.2) is 0 Å². The number of benzene rings is 1. The molecule has 0 N–H and O–H groups in total. The van der Waals surface area contributed by atoms with Crippen LogP contribution >= 0.6 is 0 Å². The van der Waals surface area contributed by atoms with E-state index in [-0.39, 0.29) is 24.4 Å². The van der Waals surface area contributed by atoms with Gasteiger partial charge in [0.1, 0.15) is 24.1 Å². The number of hydrogen-bond acceptors (Lipinski definition) is 4. The van der Waals surface area contributed by atoms with Gasteiger partial charge >= 0.3 is 0 Å². The summed E-state index contributed by atoms with van der Waals surface area (Å²) in [6, 6.07) is 4.97. The van der Waals surface area contributed by atoms with Crippen molar-refractivity contribution in [3.8, 4) is 11.5 Å². The molecule has 1 saturated carbocycles. The van der Waals surface area contributed by atoms with Crippen molar-refractivity contribution in [3.63, 3.8) is 0 Å². The van der Waals surface area contributed by atoms with Crippen LogP contribution in [0.4, 0.5) is 0 Å². The summed E-state index contributed by atoms with van der Waals surface area (Å²) in [6.07, 6.45) is 11.9. The maximum absolute atomic E-state index is 14.0. The van der Waals surface area contributed by atoms with Gasteiger partial charge in [-0.1, -0.05) is 18.6 Å². The van der Waals surface area contributed by atoms with Gasteiger partial charge in [0.2, 0.25) is 5.91 Å². The van der Waals surface area contributed by atoms with Crippen molar-refractivity contribution < 1.29 is 19.1 Å². The first-order valence-electron chi connectivity index (χ1n) is 12.5. The van der Waals surface area contributed by atoms with Crippen LogP contribution in [-0.2, 0) is 9.59 Å². The van der Waals surface area contributed by atoms with Crippen molar-refractivity contribution in [2.45, 2.75) is 76.8 Å². The second-order valence-corrected chi connectivity index (χ2v) is 9.84. The van der Waals surface area contributed by atoms with E-state index in [0.29, 0.717) is 29.5 Å². The SMILES string of the molecule is COc1ccc(OC)c(C2C(=O)N(C3CCC(C)CC3)CC(=O)N2CCC2=CCCCC2)c1. The Hall–Kier alpha value is -2.50. The van der Waals surface area contributed by atoms with Crippen LogP contribution in [0.25, 0.3) is 0 Å². The van der Waals surface area contributed by atoms with E-state index in [1.54, 1.807) is 19.1 Å². The highest BCUT2D eigenvalue weighted by atomic mass is 16.5. The molecule has 0 radical (unpaired) electrons. The number of methoxy groups -OCH3 is 2. The Morgan fingerprint density at radius 3 is 2.48 bits per heavy atom. The molecular weight excluding hydrogens is 416 g/mol. The highest BCUT2D eigenvalue weighted by Gasteiger charge is 2.44. The molecule has 1 aromatic rings. The first-order chi connectivity index (χ1) is 16.0. The van der Waals surface area contributed by atoms with Crippen LogP contribution in [0.2, 0.25) is 0 Å². The number of amides is 2. The molecule has 1 aliphatic heterocycles. The Morgan fingerprint density at radius 2 is 1.82 bits per heavy atom. The molecule has 1 heterocycles. The van der Waals surface area contributed by atoms with Gasteiger partial charge in [0.25, 0.3) is 5.91 Å². The van der Waals surface area contributed by atoms with Gasteiger partial charge in [0.15, 0.2) is 0 Å². The zero-order valence-electron chi connectivity index (χ0n) is 20.3. The summed E-state index contributed by atoms with van der Waals surface area (Å²) in [5, 5.41) is 0. The number of hydrogen-bond donors (Lipinski definition) is 0. The second kappa shape index (κ2) is 10.6. The highest BCUT2D eigenvalue weighted by molar-refractivity contribution is 5.96. The van der Waals surface area contributed by atoms with Gasteiger partial charge in [-0.2, -0.15) is 0 Å². The summed E-state index contributed by atoms with van der Waals surface area (Å²) in [5.41, 5.74) is 2.11. The van der Waals surface area contributed by atoms with Crippen LogP contribution in [0.1, 0.15) is 76.3 Å². The number of carbonyl (C=O) groups is 2. The van der Waals surface area contributed by atoms with Crippen molar-refractivity contribution in [2.24, 2.45) is 5.92 Å². The lowest BCUT2D eigenvalue weighted by Gasteiger charge is -2.45. The highest BCUT2D eigenvalue weighted by Crippen LogP contribution is 2.39. The third-order valence-corrected chi connectivity index (χ3v) is 7.67. The third-order valence-electron chi connectivity index (χ3n) is 7.67. The predicted molar refractivity (Wildman–Crippen MR) is 128 cm³/mol. The van der Waals surface area contributed by atoms with Crippen LogP contribution in [0.5, 0.6) is 11.5 Å². The molecule has 2 aliphatic carbocycles. The van der Waals surface area contributed by atoms with Gasteiger partial charge in [0.05, 0.1) is 14.2 Å². The fraction of sp³-hybridized carbons (Fsp3) is 0.630. The minimum Gasteiger partial charge on any atom is -0.497 e. The van der Waals surface area contributed by atoms with Gasteiger partial charge in [-0.3, -0.25) is 9.59 Å². The molecule has 2 amide bonds.